The summed E-state index contributed by atoms with van der Waals surface area (Å²) in [6.45, 7) is 0. The van der Waals surface area contributed by atoms with Crippen LogP contribution in [0.5, 0.6) is 0 Å². The van der Waals surface area contributed by atoms with Gasteiger partial charge in [-0.1, -0.05) is 243 Å². The molecule has 10 aromatic rings. The molecule has 0 spiro atoms. The Morgan fingerprint density at radius 1 is 0.213 bits per heavy atom. The van der Waals surface area contributed by atoms with Crippen molar-refractivity contribution in [3.05, 3.63) is 380 Å². The number of benzene rings is 10. The molecule has 4 nitrogen and oxygen atoms in total. The van der Waals surface area contributed by atoms with E-state index >= 15 is 0 Å². The van der Waals surface area contributed by atoms with Crippen LogP contribution in [0.2, 0.25) is 0 Å². The first-order valence-corrected chi connectivity index (χ1v) is 33.5. The summed E-state index contributed by atoms with van der Waals surface area (Å²) in [4.78, 5) is 9.72. The van der Waals surface area contributed by atoms with Gasteiger partial charge in [-0.3, -0.25) is 0 Å². The van der Waals surface area contributed by atoms with E-state index in [1.54, 1.807) is 0 Å². The van der Waals surface area contributed by atoms with Gasteiger partial charge in [0.15, 0.2) is 0 Å². The molecule has 5 aliphatic carbocycles. The third-order valence-electron chi connectivity index (χ3n) is 18.8. The van der Waals surface area contributed by atoms with Crippen LogP contribution in [0.1, 0.15) is 56.9 Å². The standard InChI is InChI=1S/C90H76N4/c1-7-19-67(20-8-1)71-35-51-83(52-36-71)91(79-23-11-3-12-24-79)87-59-43-75(44-60-87)77-47-63-89(64-48-77)93(81-27-15-5-16-28-81)85-55-39-73(40-56-85)69-31-33-70(34-32-69)74-41-57-86(58-42-74)94(82-29-17-6-18-30-82)90-65-49-78(50-66-90)76-45-61-88(62-46-76)92(80-25-13-4-14-26-80)84-53-37-72(38-54-84)68-21-9-2-10-22-68/h1,3,5,7-9,11-13,15-17,19-53,55-63,65-66,84,89H,2,4,6,10,14,18,54,64H2. The summed E-state index contributed by atoms with van der Waals surface area (Å²) < 4.78 is 0. The topological polar surface area (TPSA) is 13.0 Å². The van der Waals surface area contributed by atoms with Gasteiger partial charge in [0.25, 0.3) is 0 Å². The molecule has 0 fully saturated rings. The van der Waals surface area contributed by atoms with Crippen LogP contribution in [0.15, 0.2) is 375 Å². The van der Waals surface area contributed by atoms with Crippen LogP contribution in [0.25, 0.3) is 50.1 Å². The molecule has 2 unspecified atom stereocenters. The number of para-hydroxylation sites is 2. The molecule has 10 aromatic carbocycles. The van der Waals surface area contributed by atoms with Gasteiger partial charge in [0.05, 0.1) is 12.1 Å². The zero-order chi connectivity index (χ0) is 62.8. The van der Waals surface area contributed by atoms with Gasteiger partial charge in [-0.25, -0.2) is 0 Å². The van der Waals surface area contributed by atoms with Crippen molar-refractivity contribution in [2.45, 2.75) is 63.5 Å². The van der Waals surface area contributed by atoms with Crippen molar-refractivity contribution in [2.24, 2.45) is 0 Å². The van der Waals surface area contributed by atoms with Gasteiger partial charge in [-0.15, -0.1) is 0 Å². The van der Waals surface area contributed by atoms with Crippen molar-refractivity contribution in [1.29, 1.82) is 0 Å². The van der Waals surface area contributed by atoms with Crippen molar-refractivity contribution in [2.75, 3.05) is 19.6 Å². The first-order chi connectivity index (χ1) is 46.6. The van der Waals surface area contributed by atoms with Crippen LogP contribution in [0, 0.1) is 0 Å². The number of allylic oxidation sites excluding steroid dienone is 14. The third kappa shape index (κ3) is 13.0. The van der Waals surface area contributed by atoms with Crippen molar-refractivity contribution >= 4 is 51.1 Å². The van der Waals surface area contributed by atoms with E-state index in [1.165, 1.54) is 89.6 Å². The minimum absolute atomic E-state index is 0.144. The molecular formula is C90H76N4. The lowest BCUT2D eigenvalue weighted by Gasteiger charge is -2.35. The van der Waals surface area contributed by atoms with E-state index in [-0.39, 0.29) is 12.1 Å². The fraction of sp³-hybridized carbons (Fsp3) is 0.111. The predicted octanol–water partition coefficient (Wildman–Crippen LogP) is 24.3. The number of rotatable bonds is 18. The lowest BCUT2D eigenvalue weighted by Crippen LogP contribution is -2.33. The van der Waals surface area contributed by atoms with Crippen molar-refractivity contribution in [1.82, 2.24) is 0 Å². The highest BCUT2D eigenvalue weighted by molar-refractivity contribution is 5.83. The highest BCUT2D eigenvalue weighted by Gasteiger charge is 2.25. The average Bonchev–Trinajstić information content (AvgIpc) is 1.04. The molecule has 0 radical (unpaired) electrons. The van der Waals surface area contributed by atoms with Gasteiger partial charge in [-0.05, 0) is 227 Å². The van der Waals surface area contributed by atoms with Gasteiger partial charge in [0, 0.05) is 56.9 Å². The van der Waals surface area contributed by atoms with E-state index in [2.05, 4.69) is 372 Å². The van der Waals surface area contributed by atoms with E-state index in [0.717, 1.165) is 85.5 Å². The number of nitrogens with zero attached hydrogens (tertiary/aromatic N) is 4. The molecule has 0 saturated heterocycles. The van der Waals surface area contributed by atoms with E-state index < -0.39 is 0 Å². The Morgan fingerprint density at radius 2 is 0.532 bits per heavy atom. The Morgan fingerprint density at radius 3 is 0.957 bits per heavy atom. The molecule has 5 aliphatic rings. The zero-order valence-corrected chi connectivity index (χ0v) is 53.1. The molecular weight excluding hydrogens is 1140 g/mol. The largest absolute Gasteiger partial charge is 0.335 e. The SMILES string of the molecule is C1=CC(C2=CCC(N(C3=CCCC=C3)c3ccc(-c4ccc(N(C5=CCCC=C5)c5ccc(-c6ccc(-c7ccc(N(c8ccccc8)C8C=CC(c9ccc(N(c%10ccccc%10)c%10ccc(-c%11ccccc%11)cc%10)cc9)=CC8)cc7)cc6)cc5)cc4)cc3)C=C2)=CCC1. The Balaban J connectivity index is 0.611. The van der Waals surface area contributed by atoms with Crippen molar-refractivity contribution < 1.29 is 0 Å². The summed E-state index contributed by atoms with van der Waals surface area (Å²) in [6.07, 6.45) is 43.5. The lowest BCUT2D eigenvalue weighted by molar-refractivity contribution is 0.751. The number of hydrogen-bond donors (Lipinski definition) is 0. The summed E-state index contributed by atoms with van der Waals surface area (Å²) in [5.41, 5.74) is 26.4. The lowest BCUT2D eigenvalue weighted by atomic mass is 9.92. The highest BCUT2D eigenvalue weighted by Crippen LogP contribution is 2.41. The van der Waals surface area contributed by atoms with E-state index in [1.807, 2.05) is 0 Å². The molecule has 94 heavy (non-hydrogen) atoms. The predicted molar refractivity (Wildman–Crippen MR) is 399 cm³/mol. The summed E-state index contributed by atoms with van der Waals surface area (Å²) in [7, 11) is 0. The second-order valence-corrected chi connectivity index (χ2v) is 24.8. The van der Waals surface area contributed by atoms with Crippen LogP contribution < -0.4 is 19.6 Å². The van der Waals surface area contributed by atoms with E-state index in [0.29, 0.717) is 0 Å². The molecule has 4 heteroatoms. The summed E-state index contributed by atoms with van der Waals surface area (Å²) >= 11 is 0. The summed E-state index contributed by atoms with van der Waals surface area (Å²) in [5, 5.41) is 0. The molecule has 0 aliphatic heterocycles. The fourth-order valence-corrected chi connectivity index (χ4v) is 13.9. The average molecular weight is 1210 g/mol. The van der Waals surface area contributed by atoms with Crippen LogP contribution in [0.4, 0.5) is 45.5 Å². The van der Waals surface area contributed by atoms with Gasteiger partial charge >= 0.3 is 0 Å². The van der Waals surface area contributed by atoms with Gasteiger partial charge in [0.1, 0.15) is 0 Å². The summed E-state index contributed by atoms with van der Waals surface area (Å²) in [6, 6.07) is 95.8. The Kier molecular flexibility index (Phi) is 17.4. The van der Waals surface area contributed by atoms with Gasteiger partial charge < -0.3 is 19.6 Å². The number of anilines is 8. The first kappa shape index (κ1) is 59.1. The molecule has 0 N–H and O–H groups in total. The molecule has 15 rings (SSSR count). The fourth-order valence-electron chi connectivity index (χ4n) is 13.9. The van der Waals surface area contributed by atoms with Crippen LogP contribution in [0.3, 0.4) is 0 Å². The van der Waals surface area contributed by atoms with E-state index in [9.17, 15) is 0 Å². The van der Waals surface area contributed by atoms with Crippen molar-refractivity contribution in [3.63, 3.8) is 0 Å². The van der Waals surface area contributed by atoms with Crippen LogP contribution in [-0.4, -0.2) is 12.1 Å². The molecule has 456 valence electrons. The molecule has 0 heterocycles. The molecule has 2 atom stereocenters. The first-order valence-electron chi connectivity index (χ1n) is 33.5. The maximum absolute atomic E-state index is 2.53. The molecule has 0 bridgehead atoms. The normalized spacial score (nSPS) is 16.5. The van der Waals surface area contributed by atoms with E-state index in [4.69, 9.17) is 0 Å². The maximum Gasteiger partial charge on any atom is 0.0560 e. The van der Waals surface area contributed by atoms with Crippen molar-refractivity contribution in [3.8, 4) is 44.5 Å². The van der Waals surface area contributed by atoms with Gasteiger partial charge in [-0.2, -0.15) is 0 Å². The van der Waals surface area contributed by atoms with Crippen LogP contribution >= 0.6 is 0 Å². The Bertz CT molecular complexity index is 4580. The minimum atomic E-state index is 0.144. The number of hydrogen-bond acceptors (Lipinski definition) is 4. The highest BCUT2D eigenvalue weighted by atomic mass is 15.2. The summed E-state index contributed by atoms with van der Waals surface area (Å²) in [5.74, 6) is 0. The Labute approximate surface area is 555 Å². The molecule has 0 aromatic heterocycles. The van der Waals surface area contributed by atoms with Gasteiger partial charge in [0.2, 0.25) is 0 Å². The molecule has 0 saturated carbocycles. The smallest absolute Gasteiger partial charge is 0.0560 e. The van der Waals surface area contributed by atoms with Crippen LogP contribution in [-0.2, 0) is 0 Å². The third-order valence-corrected chi connectivity index (χ3v) is 18.8. The monoisotopic (exact) mass is 1210 g/mol. The minimum Gasteiger partial charge on any atom is -0.335 e. The molecule has 0 amide bonds. The maximum atomic E-state index is 2.53. The Hall–Kier alpha value is -11.2. The zero-order valence-electron chi connectivity index (χ0n) is 53.1. The second kappa shape index (κ2) is 27.7. The quantitative estimate of drug-likeness (QED) is 0.0849. The second-order valence-electron chi connectivity index (χ2n) is 24.8.